The van der Waals surface area contributed by atoms with Crippen molar-refractivity contribution in [2.75, 3.05) is 46.5 Å². The molecule has 1 saturated heterocycles. The van der Waals surface area contributed by atoms with Gasteiger partial charge in [0.1, 0.15) is 0 Å². The average Bonchev–Trinajstić information content (AvgIpc) is 3.20. The van der Waals surface area contributed by atoms with Gasteiger partial charge in [-0.1, -0.05) is 42.5 Å². The summed E-state index contributed by atoms with van der Waals surface area (Å²) < 4.78 is 23.1. The summed E-state index contributed by atoms with van der Waals surface area (Å²) in [6.07, 6.45) is 0.937. The number of nitrogen functional groups attached to an aromatic ring is 1. The van der Waals surface area contributed by atoms with Crippen LogP contribution in [0, 0.1) is 0 Å². The van der Waals surface area contributed by atoms with E-state index in [1.165, 1.54) is 0 Å². The lowest BCUT2D eigenvalue weighted by Gasteiger charge is -2.32. The molecule has 0 radical (unpaired) electrons. The van der Waals surface area contributed by atoms with Crippen LogP contribution < -0.4 is 9.62 Å². The van der Waals surface area contributed by atoms with E-state index in [1.54, 1.807) is 32.0 Å². The monoisotopic (exact) mass is 444 g/mol. The summed E-state index contributed by atoms with van der Waals surface area (Å²) in [5.41, 5.74) is 9.69. The fraction of sp³-hybridized carbons (Fsp3) is 0.435. The Bertz CT molecular complexity index is 951. The topological polar surface area (TPSA) is 89.7 Å². The minimum atomic E-state index is -2.33. The molecule has 1 heterocycles. The molecule has 168 valence electrons. The van der Waals surface area contributed by atoms with E-state index >= 15 is 0 Å². The van der Waals surface area contributed by atoms with Gasteiger partial charge in [0.15, 0.2) is 17.0 Å². The highest BCUT2D eigenvalue weighted by Crippen LogP contribution is 2.38. The predicted molar refractivity (Wildman–Crippen MR) is 125 cm³/mol. The van der Waals surface area contributed by atoms with Crippen LogP contribution in [0.3, 0.4) is 0 Å². The molecule has 1 aliphatic heterocycles. The third-order valence-electron chi connectivity index (χ3n) is 6.36. The van der Waals surface area contributed by atoms with E-state index in [2.05, 4.69) is 17.0 Å². The van der Waals surface area contributed by atoms with Crippen molar-refractivity contribution in [3.05, 3.63) is 59.7 Å². The van der Waals surface area contributed by atoms with Crippen LogP contribution in [-0.4, -0.2) is 65.2 Å². The van der Waals surface area contributed by atoms with Crippen molar-refractivity contribution >= 4 is 28.5 Å². The number of likely N-dealkylation sites (N-methyl/N-ethyl adjacent to an activating group) is 1. The van der Waals surface area contributed by atoms with E-state index in [0.717, 1.165) is 37.2 Å². The molecule has 3 atom stereocenters. The van der Waals surface area contributed by atoms with E-state index in [4.69, 9.17) is 5.73 Å². The summed E-state index contributed by atoms with van der Waals surface area (Å²) in [4.78, 5) is 16.2. The van der Waals surface area contributed by atoms with Gasteiger partial charge in [-0.2, -0.15) is 0 Å². The lowest BCUT2D eigenvalue weighted by molar-refractivity contribution is -0.130. The lowest BCUT2D eigenvalue weighted by Crippen LogP contribution is -2.42. The Morgan fingerprint density at radius 1 is 1.26 bits per heavy atom. The van der Waals surface area contributed by atoms with Crippen molar-refractivity contribution < 1.29 is 13.6 Å². The molecule has 3 rings (SSSR count). The second kappa shape index (κ2) is 9.48. The summed E-state index contributed by atoms with van der Waals surface area (Å²) >= 11 is -2.33. The van der Waals surface area contributed by atoms with Gasteiger partial charge in [0.05, 0.1) is 25.8 Å². The molecular weight excluding hydrogens is 412 g/mol. The first kappa shape index (κ1) is 23.4. The molecule has 1 fully saturated rings. The van der Waals surface area contributed by atoms with Crippen LogP contribution in [0.5, 0.6) is 0 Å². The number of quaternary nitrogens is 1. The SMILES string of the molecule is CC(=O)N(C)[C@H](CN1CCC(c2cccc([N+](C)(C)S(=O)[O-])c2N)C1)c1ccccc1. The molecule has 0 spiro atoms. The molecule has 0 aliphatic carbocycles. The van der Waals surface area contributed by atoms with Gasteiger partial charge in [-0.25, -0.2) is 8.10 Å². The highest BCUT2D eigenvalue weighted by molar-refractivity contribution is 7.78. The number of carbonyl (C=O) groups is 1. The molecule has 2 aromatic carbocycles. The van der Waals surface area contributed by atoms with Crippen molar-refractivity contribution in [2.45, 2.75) is 25.3 Å². The Balaban J connectivity index is 1.80. The van der Waals surface area contributed by atoms with Gasteiger partial charge in [0, 0.05) is 39.0 Å². The number of anilines is 1. The maximum Gasteiger partial charge on any atom is 0.219 e. The van der Waals surface area contributed by atoms with Crippen LogP contribution in [0.1, 0.15) is 36.4 Å². The standard InChI is InChI=1S/C23H32N4O3S/c1-17(28)25(2)21(18-9-6-5-7-10-18)16-26-14-13-19(15-26)20-11-8-12-22(23(20)24)27(3,4)31(29)30/h5-12,19,21H,13-16,24H2,1-4H3/t19?,21-/m1/s1. The third-order valence-corrected chi connectivity index (χ3v) is 7.30. The molecule has 7 nitrogen and oxygen atoms in total. The number of hydrogen-bond donors (Lipinski definition) is 1. The maximum atomic E-state index is 12.1. The Morgan fingerprint density at radius 3 is 2.55 bits per heavy atom. The quantitative estimate of drug-likeness (QED) is 0.403. The highest BCUT2D eigenvalue weighted by atomic mass is 32.2. The number of amides is 1. The van der Waals surface area contributed by atoms with Crippen LogP contribution >= 0.6 is 0 Å². The Hall–Kier alpha value is -2.26. The smallest absolute Gasteiger partial charge is 0.219 e. The zero-order valence-electron chi connectivity index (χ0n) is 18.7. The normalized spacial score (nSPS) is 19.2. The molecule has 0 aromatic heterocycles. The molecule has 0 bridgehead atoms. The van der Waals surface area contributed by atoms with Gasteiger partial charge in [-0.05, 0) is 24.1 Å². The second-order valence-electron chi connectivity index (χ2n) is 8.65. The summed E-state index contributed by atoms with van der Waals surface area (Å²) in [5, 5.41) is 0. The van der Waals surface area contributed by atoms with E-state index in [1.807, 2.05) is 37.4 Å². The number of benzene rings is 2. The largest absolute Gasteiger partial charge is 0.724 e. The second-order valence-corrected chi connectivity index (χ2v) is 10.00. The fourth-order valence-electron chi connectivity index (χ4n) is 4.32. The molecule has 0 saturated carbocycles. The van der Waals surface area contributed by atoms with Crippen LogP contribution in [-0.2, 0) is 16.1 Å². The van der Waals surface area contributed by atoms with E-state index in [0.29, 0.717) is 11.4 Å². The Kier molecular flexibility index (Phi) is 7.16. The number of para-hydroxylation sites is 1. The summed E-state index contributed by atoms with van der Waals surface area (Å²) in [6, 6.07) is 15.7. The average molecular weight is 445 g/mol. The number of likely N-dealkylation sites (tertiary alicyclic amines) is 1. The number of rotatable bonds is 7. The van der Waals surface area contributed by atoms with Crippen LogP contribution in [0.2, 0.25) is 0 Å². The summed E-state index contributed by atoms with van der Waals surface area (Å²) in [5.74, 6) is 0.256. The molecule has 31 heavy (non-hydrogen) atoms. The van der Waals surface area contributed by atoms with Crippen LogP contribution in [0.15, 0.2) is 48.5 Å². The molecule has 2 N–H and O–H groups in total. The van der Waals surface area contributed by atoms with Crippen LogP contribution in [0.4, 0.5) is 11.4 Å². The Labute approximate surface area is 187 Å². The summed E-state index contributed by atoms with van der Waals surface area (Å²) in [7, 11) is 5.07. The van der Waals surface area contributed by atoms with Crippen molar-refractivity contribution in [2.24, 2.45) is 0 Å². The predicted octanol–water partition coefficient (Wildman–Crippen LogP) is 2.64. The van der Waals surface area contributed by atoms with Gasteiger partial charge >= 0.3 is 0 Å². The minimum absolute atomic E-state index is 0.0281. The molecular formula is C23H32N4O3S. The summed E-state index contributed by atoms with van der Waals surface area (Å²) in [6.45, 7) is 4.04. The number of carbonyl (C=O) groups excluding carboxylic acids is 1. The van der Waals surface area contributed by atoms with Gasteiger partial charge in [0.2, 0.25) is 5.91 Å². The first-order chi connectivity index (χ1) is 14.6. The van der Waals surface area contributed by atoms with Crippen molar-refractivity contribution in [1.29, 1.82) is 0 Å². The maximum absolute atomic E-state index is 12.1. The first-order valence-corrected chi connectivity index (χ1v) is 11.5. The first-order valence-electron chi connectivity index (χ1n) is 10.5. The lowest BCUT2D eigenvalue weighted by atomic mass is 9.95. The molecule has 2 unspecified atom stereocenters. The zero-order chi connectivity index (χ0) is 22.8. The van der Waals surface area contributed by atoms with Crippen molar-refractivity contribution in [3.63, 3.8) is 0 Å². The van der Waals surface area contributed by atoms with Crippen molar-refractivity contribution in [3.8, 4) is 0 Å². The third kappa shape index (κ3) is 4.98. The fourth-order valence-corrected chi connectivity index (χ4v) is 4.64. The molecule has 2 aromatic rings. The number of nitrogens with zero attached hydrogens (tertiary/aromatic N) is 3. The van der Waals surface area contributed by atoms with E-state index in [-0.39, 0.29) is 21.8 Å². The zero-order valence-corrected chi connectivity index (χ0v) is 19.5. The molecule has 8 heteroatoms. The minimum Gasteiger partial charge on any atom is -0.724 e. The van der Waals surface area contributed by atoms with E-state index < -0.39 is 11.3 Å². The van der Waals surface area contributed by atoms with Gasteiger partial charge in [-0.15, -0.1) is 0 Å². The molecule has 1 amide bonds. The van der Waals surface area contributed by atoms with Crippen molar-refractivity contribution in [1.82, 2.24) is 13.7 Å². The number of hydrogen-bond acceptors (Lipinski definition) is 5. The molecule has 1 aliphatic rings. The Morgan fingerprint density at radius 2 is 1.94 bits per heavy atom. The van der Waals surface area contributed by atoms with Gasteiger partial charge in [0.25, 0.3) is 0 Å². The highest BCUT2D eigenvalue weighted by Gasteiger charge is 2.32. The van der Waals surface area contributed by atoms with E-state index in [9.17, 15) is 13.6 Å². The number of nitrogens with two attached hydrogens (primary N) is 1. The van der Waals surface area contributed by atoms with Gasteiger partial charge < -0.3 is 20.1 Å². The van der Waals surface area contributed by atoms with Crippen LogP contribution in [0.25, 0.3) is 0 Å². The van der Waals surface area contributed by atoms with Gasteiger partial charge in [-0.3, -0.25) is 4.79 Å².